The topological polar surface area (TPSA) is 147 Å². The zero-order valence-corrected chi connectivity index (χ0v) is 21.9. The van der Waals surface area contributed by atoms with Crippen LogP contribution in [-0.4, -0.2) is 49.8 Å². The molecule has 3 unspecified atom stereocenters. The summed E-state index contributed by atoms with van der Waals surface area (Å²) in [5, 5.41) is 18.8. The number of rotatable bonds is 11. The molecule has 206 valence electrons. The number of pyridine rings is 1. The van der Waals surface area contributed by atoms with E-state index in [2.05, 4.69) is 25.9 Å². The maximum Gasteiger partial charge on any atom is 0.407 e. The summed E-state index contributed by atoms with van der Waals surface area (Å²) in [4.78, 5) is 45.3. The van der Waals surface area contributed by atoms with E-state index < -0.39 is 23.8 Å². The van der Waals surface area contributed by atoms with Crippen molar-refractivity contribution in [1.29, 1.82) is 0 Å². The summed E-state index contributed by atoms with van der Waals surface area (Å²) in [5.41, 5.74) is 0.998. The number of hydrogen-bond donors (Lipinski definition) is 4. The van der Waals surface area contributed by atoms with Crippen LogP contribution in [0.1, 0.15) is 43.2 Å². The first-order valence-corrected chi connectivity index (χ1v) is 13.1. The van der Waals surface area contributed by atoms with Gasteiger partial charge in [-0.3, -0.25) is 9.36 Å². The Morgan fingerprint density at radius 2 is 1.79 bits per heavy atom. The molecule has 0 radical (unpaired) electrons. The second kappa shape index (κ2) is 13.4. The molecule has 4 rings (SSSR count). The van der Waals surface area contributed by atoms with Crippen LogP contribution in [0.25, 0.3) is 0 Å². The molecule has 1 aliphatic rings. The van der Waals surface area contributed by atoms with Crippen molar-refractivity contribution in [3.63, 3.8) is 0 Å². The molecule has 0 spiro atoms. The van der Waals surface area contributed by atoms with Crippen molar-refractivity contribution in [3.05, 3.63) is 82.5 Å². The maximum absolute atomic E-state index is 12.9. The molecule has 3 aromatic rings. The van der Waals surface area contributed by atoms with Crippen molar-refractivity contribution >= 4 is 23.7 Å². The summed E-state index contributed by atoms with van der Waals surface area (Å²) < 4.78 is 6.54. The molecule has 3 atom stereocenters. The van der Waals surface area contributed by atoms with Gasteiger partial charge in [-0.2, -0.15) is 4.98 Å². The molecule has 1 aromatic carbocycles. The minimum atomic E-state index is -1.11. The Morgan fingerprint density at radius 1 is 1.08 bits per heavy atom. The van der Waals surface area contributed by atoms with Gasteiger partial charge in [-0.25, -0.2) is 14.6 Å². The highest BCUT2D eigenvalue weighted by molar-refractivity contribution is 5.71. The summed E-state index contributed by atoms with van der Waals surface area (Å²) in [6.45, 7) is 1.82. The largest absolute Gasteiger partial charge is 0.481 e. The smallest absolute Gasteiger partial charge is 0.407 e. The van der Waals surface area contributed by atoms with Gasteiger partial charge in [-0.15, -0.1) is 0 Å². The molecule has 2 aromatic heterocycles. The van der Waals surface area contributed by atoms with Crippen LogP contribution in [0.2, 0.25) is 0 Å². The summed E-state index contributed by atoms with van der Waals surface area (Å²) in [6.07, 6.45) is 6.29. The van der Waals surface area contributed by atoms with E-state index in [1.807, 2.05) is 55.5 Å². The normalized spacial score (nSPS) is 17.6. The minimum Gasteiger partial charge on any atom is -0.481 e. The molecule has 1 fully saturated rings. The molecule has 11 heteroatoms. The van der Waals surface area contributed by atoms with Gasteiger partial charge >= 0.3 is 17.8 Å². The molecule has 0 bridgehead atoms. The minimum absolute atomic E-state index is 0.0464. The number of carbonyl (C=O) groups excluding carboxylic acids is 1. The number of benzene rings is 1. The van der Waals surface area contributed by atoms with E-state index in [0.29, 0.717) is 5.82 Å². The third kappa shape index (κ3) is 8.29. The number of carbonyl (C=O) groups is 2. The first kappa shape index (κ1) is 27.6. The molecule has 1 saturated carbocycles. The monoisotopic (exact) mass is 534 g/mol. The predicted octanol–water partition coefficient (Wildman–Crippen LogP) is 3.55. The van der Waals surface area contributed by atoms with Crippen molar-refractivity contribution < 1.29 is 19.4 Å². The second-order valence-corrected chi connectivity index (χ2v) is 9.71. The second-order valence-electron chi connectivity index (χ2n) is 9.71. The van der Waals surface area contributed by atoms with Gasteiger partial charge in [0, 0.05) is 36.6 Å². The zero-order chi connectivity index (χ0) is 27.6. The lowest BCUT2D eigenvalue weighted by atomic mass is 9.90. The Kier molecular flexibility index (Phi) is 9.49. The van der Waals surface area contributed by atoms with Crippen LogP contribution in [-0.2, 0) is 22.7 Å². The quantitative estimate of drug-likeness (QED) is 0.290. The van der Waals surface area contributed by atoms with E-state index >= 15 is 0 Å². The van der Waals surface area contributed by atoms with E-state index in [0.717, 1.165) is 42.6 Å². The number of carboxylic acids is 1. The predicted molar refractivity (Wildman–Crippen MR) is 147 cm³/mol. The van der Waals surface area contributed by atoms with Crippen molar-refractivity contribution in [2.45, 2.75) is 70.3 Å². The van der Waals surface area contributed by atoms with Crippen molar-refractivity contribution in [2.24, 2.45) is 0 Å². The van der Waals surface area contributed by atoms with E-state index in [4.69, 9.17) is 4.74 Å². The molecule has 39 heavy (non-hydrogen) atoms. The van der Waals surface area contributed by atoms with E-state index in [1.165, 1.54) is 4.57 Å². The van der Waals surface area contributed by atoms with Gasteiger partial charge in [-0.1, -0.05) is 49.2 Å². The van der Waals surface area contributed by atoms with Crippen LogP contribution < -0.4 is 21.6 Å². The third-order valence-electron chi connectivity index (χ3n) is 6.64. The number of carboxylic acid groups (broad SMARTS) is 1. The first-order valence-electron chi connectivity index (χ1n) is 13.1. The van der Waals surface area contributed by atoms with Gasteiger partial charge < -0.3 is 25.8 Å². The summed E-state index contributed by atoms with van der Waals surface area (Å²) >= 11 is 0. The maximum atomic E-state index is 12.9. The first-order chi connectivity index (χ1) is 18.9. The highest BCUT2D eigenvalue weighted by Crippen LogP contribution is 2.25. The number of amides is 1. The fraction of sp³-hybridized carbons (Fsp3) is 0.393. The van der Waals surface area contributed by atoms with Crippen LogP contribution in [0.4, 0.5) is 16.4 Å². The highest BCUT2D eigenvalue weighted by Gasteiger charge is 2.26. The molecule has 0 saturated heterocycles. The summed E-state index contributed by atoms with van der Waals surface area (Å²) in [6, 6.07) is 14.2. The average molecular weight is 535 g/mol. The van der Waals surface area contributed by atoms with Gasteiger partial charge in [-0.05, 0) is 37.5 Å². The number of alkyl carbamates (subject to hydrolysis) is 1. The fourth-order valence-corrected chi connectivity index (χ4v) is 4.71. The van der Waals surface area contributed by atoms with Crippen LogP contribution >= 0.6 is 0 Å². The highest BCUT2D eigenvalue weighted by atomic mass is 16.5. The molecular weight excluding hydrogens is 500 g/mol. The van der Waals surface area contributed by atoms with Crippen LogP contribution in [0, 0.1) is 6.92 Å². The van der Waals surface area contributed by atoms with Gasteiger partial charge in [0.05, 0.1) is 12.5 Å². The fourth-order valence-electron chi connectivity index (χ4n) is 4.71. The molecular formula is C28H34N6O5. The number of hydrogen-bond acceptors (Lipinski definition) is 8. The molecule has 1 aliphatic carbocycles. The van der Waals surface area contributed by atoms with Crippen molar-refractivity contribution in [2.75, 3.05) is 10.6 Å². The Morgan fingerprint density at radius 3 is 2.49 bits per heavy atom. The van der Waals surface area contributed by atoms with Crippen LogP contribution in [0.3, 0.4) is 0 Å². The standard InChI is InChI=1S/C28H34N6O5/c1-19-16-34(17-21(15-25(35)36)30-28(38)39-18-20-9-3-2-4-10-20)27(37)33-26(19)32-23-12-6-5-11-22(23)31-24-13-7-8-14-29-24/h2-4,7-10,13-14,16,21-23H,5-6,11-12,15,17-18H2,1H3,(H,29,31)(H,30,38)(H,35,36)(H,32,33,37). The van der Waals surface area contributed by atoms with Gasteiger partial charge in [0.25, 0.3) is 0 Å². The summed E-state index contributed by atoms with van der Waals surface area (Å²) in [5.74, 6) is 0.180. The Balaban J connectivity index is 1.41. The lowest BCUT2D eigenvalue weighted by Gasteiger charge is -2.33. The Bertz CT molecular complexity index is 1300. The van der Waals surface area contributed by atoms with Gasteiger partial charge in [0.15, 0.2) is 0 Å². The lowest BCUT2D eigenvalue weighted by molar-refractivity contribution is -0.137. The van der Waals surface area contributed by atoms with E-state index in [1.54, 1.807) is 12.4 Å². The lowest BCUT2D eigenvalue weighted by Crippen LogP contribution is -2.44. The number of nitrogens with one attached hydrogen (secondary N) is 3. The third-order valence-corrected chi connectivity index (χ3v) is 6.64. The average Bonchev–Trinajstić information content (AvgIpc) is 2.92. The Hall–Kier alpha value is -4.41. The van der Waals surface area contributed by atoms with Crippen LogP contribution in [0.15, 0.2) is 65.7 Å². The van der Waals surface area contributed by atoms with Crippen molar-refractivity contribution in [3.8, 4) is 0 Å². The number of aliphatic carboxylic acids is 1. The van der Waals surface area contributed by atoms with Crippen LogP contribution in [0.5, 0.6) is 0 Å². The number of nitrogens with zero attached hydrogens (tertiary/aromatic N) is 3. The molecule has 4 N–H and O–H groups in total. The SMILES string of the molecule is Cc1cn(CC(CC(=O)O)NC(=O)OCc2ccccc2)c(=O)nc1NC1CCCCC1Nc1ccccn1. The number of ether oxygens (including phenoxy) is 1. The van der Waals surface area contributed by atoms with E-state index in [9.17, 15) is 19.5 Å². The molecule has 0 aliphatic heterocycles. The van der Waals surface area contributed by atoms with E-state index in [-0.39, 0.29) is 31.7 Å². The Labute approximate surface area is 226 Å². The summed E-state index contributed by atoms with van der Waals surface area (Å²) in [7, 11) is 0. The zero-order valence-electron chi connectivity index (χ0n) is 21.9. The number of aromatic nitrogens is 3. The number of anilines is 2. The molecule has 11 nitrogen and oxygen atoms in total. The van der Waals surface area contributed by atoms with Gasteiger partial charge in [0.2, 0.25) is 0 Å². The van der Waals surface area contributed by atoms with Crippen molar-refractivity contribution in [1.82, 2.24) is 19.9 Å². The molecule has 2 heterocycles. The number of aryl methyl sites for hydroxylation is 1. The molecule has 1 amide bonds. The van der Waals surface area contributed by atoms with Gasteiger partial charge in [0.1, 0.15) is 18.2 Å².